The Morgan fingerprint density at radius 1 is 0.971 bits per heavy atom. The van der Waals surface area contributed by atoms with Gasteiger partial charge in [-0.1, -0.05) is 27.2 Å². The summed E-state index contributed by atoms with van der Waals surface area (Å²) in [5.74, 6) is 0.665. The number of piperazine rings is 1. The van der Waals surface area contributed by atoms with Gasteiger partial charge in [-0.2, -0.15) is 0 Å². The molecular weight excluding hydrogens is 446 g/mol. The third kappa shape index (κ3) is 8.29. The fourth-order valence-electron chi connectivity index (χ4n) is 5.43. The van der Waals surface area contributed by atoms with E-state index in [0.29, 0.717) is 11.3 Å². The van der Waals surface area contributed by atoms with Crippen LogP contribution in [0.3, 0.4) is 0 Å². The van der Waals surface area contributed by atoms with Gasteiger partial charge in [-0.25, -0.2) is 0 Å². The highest BCUT2D eigenvalue weighted by atomic mass is 35.5. The molecule has 0 aromatic heterocycles. The minimum atomic E-state index is 0. The third-order valence-electron chi connectivity index (χ3n) is 7.83. The average Bonchev–Trinajstić information content (AvgIpc) is 2.83. The fourth-order valence-corrected chi connectivity index (χ4v) is 5.43. The molecule has 5 nitrogen and oxygen atoms in total. The van der Waals surface area contributed by atoms with Gasteiger partial charge in [0, 0.05) is 64.9 Å². The number of benzene rings is 1. The Bertz CT molecular complexity index is 689. The van der Waals surface area contributed by atoms with E-state index in [1.807, 2.05) is 0 Å². The summed E-state index contributed by atoms with van der Waals surface area (Å²) in [6.07, 6.45) is 7.85. The van der Waals surface area contributed by atoms with Crippen molar-refractivity contribution in [3.8, 4) is 0 Å². The lowest BCUT2D eigenvalue weighted by Crippen LogP contribution is -2.47. The maximum atomic E-state index is 5.40. The van der Waals surface area contributed by atoms with Crippen LogP contribution in [0.5, 0.6) is 0 Å². The van der Waals surface area contributed by atoms with E-state index < -0.39 is 0 Å². The van der Waals surface area contributed by atoms with Crippen molar-refractivity contribution in [2.75, 3.05) is 83.0 Å². The first-order valence-corrected chi connectivity index (χ1v) is 13.3. The number of ether oxygens (including phenoxy) is 2. The van der Waals surface area contributed by atoms with Crippen molar-refractivity contribution in [3.63, 3.8) is 0 Å². The first kappa shape index (κ1) is 29.2. The van der Waals surface area contributed by atoms with Gasteiger partial charge in [-0.15, -0.1) is 12.4 Å². The first-order chi connectivity index (χ1) is 16.0. The van der Waals surface area contributed by atoms with Crippen LogP contribution in [-0.4, -0.2) is 78.1 Å². The van der Waals surface area contributed by atoms with Crippen LogP contribution < -0.4 is 9.80 Å². The number of rotatable bonds is 12. The van der Waals surface area contributed by atoms with Crippen LogP contribution >= 0.6 is 12.4 Å². The normalized spacial score (nSPS) is 19.1. The molecule has 34 heavy (non-hydrogen) atoms. The zero-order valence-electron chi connectivity index (χ0n) is 22.5. The molecule has 1 heterocycles. The lowest BCUT2D eigenvalue weighted by molar-refractivity contribution is 0.190. The SMILES string of the molecule is CCCCN1CCN(c2ccc(N(CCOC)CCOC)cc2C2CCC(C)(C)CC2)CC1.Cl. The Hall–Kier alpha value is -1.01. The van der Waals surface area contributed by atoms with Crippen LogP contribution in [0.1, 0.15) is 70.8 Å². The Kier molecular flexibility index (Phi) is 12.5. The number of halogens is 1. The second kappa shape index (κ2) is 14.5. The van der Waals surface area contributed by atoms with E-state index in [9.17, 15) is 0 Å². The summed E-state index contributed by atoms with van der Waals surface area (Å²) >= 11 is 0. The van der Waals surface area contributed by atoms with E-state index in [0.717, 1.165) is 39.4 Å². The Labute approximate surface area is 215 Å². The molecular formula is C28H50ClN3O2. The molecule has 1 aliphatic carbocycles. The number of nitrogens with zero attached hydrogens (tertiary/aromatic N) is 3. The summed E-state index contributed by atoms with van der Waals surface area (Å²) in [6, 6.07) is 7.26. The standard InChI is InChI=1S/C28H49N3O2.ClH/c1-6-7-14-29-15-17-31(18-16-29)27-9-8-25(30(19-21-32-4)20-22-33-5)23-26(27)24-10-12-28(2,3)13-11-24;/h8-9,23-24H,6-7,10-22H2,1-5H3;1H. The Morgan fingerprint density at radius 2 is 1.59 bits per heavy atom. The lowest BCUT2D eigenvalue weighted by atomic mass is 9.71. The Balaban J connectivity index is 0.00000408. The minimum Gasteiger partial charge on any atom is -0.383 e. The summed E-state index contributed by atoms with van der Waals surface area (Å²) < 4.78 is 10.8. The molecule has 0 amide bonds. The maximum Gasteiger partial charge on any atom is 0.0637 e. The molecule has 0 atom stereocenters. The molecule has 2 fully saturated rings. The van der Waals surface area contributed by atoms with Gasteiger partial charge in [-0.3, -0.25) is 4.90 Å². The number of hydrogen-bond acceptors (Lipinski definition) is 5. The summed E-state index contributed by atoms with van der Waals surface area (Å²) in [5, 5.41) is 0. The van der Waals surface area contributed by atoms with Crippen molar-refractivity contribution in [1.82, 2.24) is 4.90 Å². The molecule has 6 heteroatoms. The monoisotopic (exact) mass is 495 g/mol. The van der Waals surface area contributed by atoms with Gasteiger partial charge in [-0.05, 0) is 73.7 Å². The van der Waals surface area contributed by atoms with Gasteiger partial charge in [0.05, 0.1) is 13.2 Å². The zero-order valence-corrected chi connectivity index (χ0v) is 23.3. The van der Waals surface area contributed by atoms with Crippen LogP contribution in [0.2, 0.25) is 0 Å². The maximum absolute atomic E-state index is 5.40. The van der Waals surface area contributed by atoms with E-state index >= 15 is 0 Å². The molecule has 1 aliphatic heterocycles. The van der Waals surface area contributed by atoms with Crippen LogP contribution in [0.15, 0.2) is 18.2 Å². The van der Waals surface area contributed by atoms with Crippen molar-refractivity contribution in [1.29, 1.82) is 0 Å². The number of unbranched alkanes of at least 4 members (excludes halogenated alkanes) is 1. The van der Waals surface area contributed by atoms with Crippen molar-refractivity contribution < 1.29 is 9.47 Å². The van der Waals surface area contributed by atoms with Crippen LogP contribution in [0.25, 0.3) is 0 Å². The second-order valence-electron chi connectivity index (χ2n) is 10.8. The zero-order chi connectivity index (χ0) is 23.7. The molecule has 1 aromatic rings. The number of anilines is 2. The van der Waals surface area contributed by atoms with Gasteiger partial charge in [0.15, 0.2) is 0 Å². The molecule has 0 bridgehead atoms. The molecule has 0 N–H and O–H groups in total. The van der Waals surface area contributed by atoms with E-state index in [2.05, 4.69) is 53.7 Å². The molecule has 0 unspecified atom stereocenters. The average molecular weight is 496 g/mol. The summed E-state index contributed by atoms with van der Waals surface area (Å²) in [5.41, 5.74) is 4.86. The Morgan fingerprint density at radius 3 is 2.15 bits per heavy atom. The second-order valence-corrected chi connectivity index (χ2v) is 10.8. The van der Waals surface area contributed by atoms with E-state index in [-0.39, 0.29) is 12.4 Å². The van der Waals surface area contributed by atoms with E-state index in [4.69, 9.17) is 9.47 Å². The van der Waals surface area contributed by atoms with Gasteiger partial charge < -0.3 is 19.3 Å². The molecule has 2 aliphatic rings. The smallest absolute Gasteiger partial charge is 0.0637 e. The molecule has 0 radical (unpaired) electrons. The van der Waals surface area contributed by atoms with Crippen molar-refractivity contribution in [2.24, 2.45) is 5.41 Å². The highest BCUT2D eigenvalue weighted by Gasteiger charge is 2.30. The van der Waals surface area contributed by atoms with Crippen molar-refractivity contribution in [2.45, 2.75) is 65.2 Å². The van der Waals surface area contributed by atoms with Gasteiger partial charge in [0.2, 0.25) is 0 Å². The van der Waals surface area contributed by atoms with Gasteiger partial charge in [0.25, 0.3) is 0 Å². The molecule has 196 valence electrons. The van der Waals surface area contributed by atoms with Gasteiger partial charge in [0.1, 0.15) is 0 Å². The highest BCUT2D eigenvalue weighted by Crippen LogP contribution is 2.45. The fraction of sp³-hybridized carbons (Fsp3) is 0.786. The topological polar surface area (TPSA) is 28.2 Å². The van der Waals surface area contributed by atoms with Crippen LogP contribution in [-0.2, 0) is 9.47 Å². The number of hydrogen-bond donors (Lipinski definition) is 0. The largest absolute Gasteiger partial charge is 0.383 e. The van der Waals surface area contributed by atoms with Gasteiger partial charge >= 0.3 is 0 Å². The van der Waals surface area contributed by atoms with Crippen molar-refractivity contribution >= 4 is 23.8 Å². The summed E-state index contributed by atoms with van der Waals surface area (Å²) in [7, 11) is 3.57. The van der Waals surface area contributed by atoms with Crippen LogP contribution in [0, 0.1) is 5.41 Å². The predicted octanol–water partition coefficient (Wildman–Crippen LogP) is 5.81. The van der Waals surface area contributed by atoms with Crippen LogP contribution in [0.4, 0.5) is 11.4 Å². The van der Waals surface area contributed by atoms with Crippen molar-refractivity contribution in [3.05, 3.63) is 23.8 Å². The summed E-state index contributed by atoms with van der Waals surface area (Å²) in [4.78, 5) is 7.74. The number of methoxy groups -OCH3 is 2. The predicted molar refractivity (Wildman–Crippen MR) is 148 cm³/mol. The molecule has 1 saturated heterocycles. The third-order valence-corrected chi connectivity index (χ3v) is 7.83. The molecule has 0 spiro atoms. The lowest BCUT2D eigenvalue weighted by Gasteiger charge is -2.40. The quantitative estimate of drug-likeness (QED) is 0.364. The van der Waals surface area contributed by atoms with E-state index in [1.165, 1.54) is 69.5 Å². The molecule has 1 aromatic carbocycles. The van der Waals surface area contributed by atoms with E-state index in [1.54, 1.807) is 19.8 Å². The molecule has 3 rings (SSSR count). The minimum absolute atomic E-state index is 0. The summed E-state index contributed by atoms with van der Waals surface area (Å²) in [6.45, 7) is 16.3. The first-order valence-electron chi connectivity index (χ1n) is 13.3. The molecule has 1 saturated carbocycles. The highest BCUT2D eigenvalue weighted by molar-refractivity contribution is 5.85.